The maximum absolute atomic E-state index is 12.7. The number of anilines is 1. The topological polar surface area (TPSA) is 62.0 Å². The maximum atomic E-state index is 12.7. The molecule has 1 aromatic carbocycles. The Bertz CT molecular complexity index is 735. The molecule has 0 atom stereocenters. The van der Waals surface area contributed by atoms with E-state index in [-0.39, 0.29) is 17.2 Å². The number of hydrogen-bond acceptors (Lipinski definition) is 2. The van der Waals surface area contributed by atoms with E-state index in [2.05, 4.69) is 10.3 Å². The van der Waals surface area contributed by atoms with Gasteiger partial charge >= 0.3 is 0 Å². The number of rotatable bonds is 3. The predicted molar refractivity (Wildman–Crippen MR) is 82.7 cm³/mol. The van der Waals surface area contributed by atoms with Crippen LogP contribution in [-0.4, -0.2) is 10.9 Å². The lowest BCUT2D eigenvalue weighted by atomic mass is 9.64. The first-order chi connectivity index (χ1) is 10.1. The van der Waals surface area contributed by atoms with Gasteiger partial charge in [-0.25, -0.2) is 0 Å². The summed E-state index contributed by atoms with van der Waals surface area (Å²) >= 11 is 6.04. The summed E-state index contributed by atoms with van der Waals surface area (Å²) in [7, 11) is 0. The molecule has 1 aliphatic carbocycles. The summed E-state index contributed by atoms with van der Waals surface area (Å²) in [4.78, 5) is 26.9. The van der Waals surface area contributed by atoms with Crippen LogP contribution in [0.25, 0.3) is 0 Å². The smallest absolute Gasteiger partial charge is 0.271 e. The molecule has 1 heterocycles. The summed E-state index contributed by atoms with van der Waals surface area (Å²) in [5.74, 6) is -0.146. The summed E-state index contributed by atoms with van der Waals surface area (Å²) in [6.07, 6.45) is 4.06. The third-order valence-corrected chi connectivity index (χ3v) is 4.32. The van der Waals surface area contributed by atoms with E-state index < -0.39 is 5.41 Å². The Morgan fingerprint density at radius 3 is 2.67 bits per heavy atom. The molecule has 5 heteroatoms. The molecule has 1 saturated carbocycles. The van der Waals surface area contributed by atoms with Crippen LogP contribution in [0.2, 0.25) is 5.02 Å². The Kier molecular flexibility index (Phi) is 3.55. The minimum Gasteiger partial charge on any atom is -0.327 e. The zero-order valence-electron chi connectivity index (χ0n) is 11.4. The monoisotopic (exact) mass is 302 g/mol. The van der Waals surface area contributed by atoms with Gasteiger partial charge in [0, 0.05) is 11.2 Å². The number of carbonyl (C=O) groups excluding carboxylic acids is 1. The van der Waals surface area contributed by atoms with Crippen molar-refractivity contribution in [1.29, 1.82) is 0 Å². The van der Waals surface area contributed by atoms with Crippen LogP contribution in [0.1, 0.15) is 24.8 Å². The normalized spacial score (nSPS) is 16.0. The van der Waals surface area contributed by atoms with E-state index in [9.17, 15) is 9.59 Å². The number of nitrogens with one attached hydrogen (secondary N) is 2. The minimum absolute atomic E-state index is 0.146. The molecule has 0 bridgehead atoms. The number of benzene rings is 1. The molecule has 0 aliphatic heterocycles. The molecular weight excluding hydrogens is 288 g/mol. The zero-order chi connectivity index (χ0) is 14.9. The van der Waals surface area contributed by atoms with Crippen LogP contribution in [0.15, 0.2) is 47.4 Å². The Labute approximate surface area is 127 Å². The van der Waals surface area contributed by atoms with Crippen molar-refractivity contribution in [2.24, 2.45) is 0 Å². The summed E-state index contributed by atoms with van der Waals surface area (Å²) in [6.45, 7) is 0. The first-order valence-electron chi connectivity index (χ1n) is 6.87. The highest BCUT2D eigenvalue weighted by molar-refractivity contribution is 6.30. The second-order valence-corrected chi connectivity index (χ2v) is 5.75. The average molecular weight is 303 g/mol. The van der Waals surface area contributed by atoms with Crippen LogP contribution in [0, 0.1) is 0 Å². The van der Waals surface area contributed by atoms with Crippen molar-refractivity contribution in [3.8, 4) is 0 Å². The van der Waals surface area contributed by atoms with Gasteiger partial charge in [0.15, 0.2) is 0 Å². The number of amides is 1. The molecule has 3 rings (SSSR count). The van der Waals surface area contributed by atoms with Crippen LogP contribution < -0.4 is 10.9 Å². The van der Waals surface area contributed by atoms with Gasteiger partial charge in [0.25, 0.3) is 5.56 Å². The second kappa shape index (κ2) is 5.37. The Hall–Kier alpha value is -2.07. The number of carbonyl (C=O) groups is 1. The van der Waals surface area contributed by atoms with Gasteiger partial charge in [-0.1, -0.05) is 30.2 Å². The summed E-state index contributed by atoms with van der Waals surface area (Å²) in [5.41, 5.74) is 0.307. The van der Waals surface area contributed by atoms with E-state index in [0.29, 0.717) is 5.02 Å². The van der Waals surface area contributed by atoms with Crippen molar-refractivity contribution >= 4 is 23.2 Å². The predicted octanol–water partition coefficient (Wildman–Crippen LogP) is 3.09. The molecule has 1 aliphatic rings. The van der Waals surface area contributed by atoms with Gasteiger partial charge in [-0.15, -0.1) is 0 Å². The van der Waals surface area contributed by atoms with Crippen LogP contribution in [-0.2, 0) is 10.2 Å². The van der Waals surface area contributed by atoms with Crippen molar-refractivity contribution in [3.05, 3.63) is 63.5 Å². The fourth-order valence-corrected chi connectivity index (χ4v) is 2.92. The standard InChI is InChI=1S/C16H15ClN2O2/c17-12-5-1-4-11(10-12)16(7-3-8-16)15(21)19-13-6-2-9-18-14(13)20/h1-2,4-6,9-10H,3,7-8H2,(H,18,20)(H,19,21). The molecule has 21 heavy (non-hydrogen) atoms. The Balaban J connectivity index is 1.91. The highest BCUT2D eigenvalue weighted by Crippen LogP contribution is 2.45. The molecule has 1 amide bonds. The lowest BCUT2D eigenvalue weighted by Crippen LogP contribution is -2.46. The Morgan fingerprint density at radius 1 is 1.24 bits per heavy atom. The van der Waals surface area contributed by atoms with Gasteiger partial charge in [-0.05, 0) is 42.7 Å². The van der Waals surface area contributed by atoms with Crippen LogP contribution >= 0.6 is 11.6 Å². The lowest BCUT2D eigenvalue weighted by molar-refractivity contribution is -0.124. The highest BCUT2D eigenvalue weighted by atomic mass is 35.5. The van der Waals surface area contributed by atoms with Crippen molar-refractivity contribution in [1.82, 2.24) is 4.98 Å². The quantitative estimate of drug-likeness (QED) is 0.915. The van der Waals surface area contributed by atoms with E-state index in [1.54, 1.807) is 18.2 Å². The van der Waals surface area contributed by atoms with Gasteiger partial charge in [0.1, 0.15) is 5.69 Å². The number of aromatic amines is 1. The van der Waals surface area contributed by atoms with E-state index in [1.807, 2.05) is 18.2 Å². The van der Waals surface area contributed by atoms with Gasteiger partial charge in [0.2, 0.25) is 5.91 Å². The summed E-state index contributed by atoms with van der Waals surface area (Å²) in [6, 6.07) is 10.7. The van der Waals surface area contributed by atoms with E-state index >= 15 is 0 Å². The van der Waals surface area contributed by atoms with Crippen molar-refractivity contribution in [2.75, 3.05) is 5.32 Å². The summed E-state index contributed by atoms with van der Waals surface area (Å²) in [5, 5.41) is 3.36. The minimum atomic E-state index is -0.576. The van der Waals surface area contributed by atoms with Crippen LogP contribution in [0.5, 0.6) is 0 Å². The first kappa shape index (κ1) is 13.9. The molecule has 1 aromatic heterocycles. The molecule has 2 N–H and O–H groups in total. The Morgan fingerprint density at radius 2 is 2.05 bits per heavy atom. The highest BCUT2D eigenvalue weighted by Gasteiger charge is 2.45. The fraction of sp³-hybridized carbons (Fsp3) is 0.250. The average Bonchev–Trinajstić information content (AvgIpc) is 2.40. The number of halogens is 1. The van der Waals surface area contributed by atoms with Gasteiger partial charge in [-0.2, -0.15) is 0 Å². The van der Waals surface area contributed by atoms with Gasteiger partial charge < -0.3 is 10.3 Å². The molecule has 108 valence electrons. The van der Waals surface area contributed by atoms with Crippen LogP contribution in [0.3, 0.4) is 0 Å². The van der Waals surface area contributed by atoms with Crippen LogP contribution in [0.4, 0.5) is 5.69 Å². The first-order valence-corrected chi connectivity index (χ1v) is 7.25. The maximum Gasteiger partial charge on any atom is 0.271 e. The van der Waals surface area contributed by atoms with Crippen molar-refractivity contribution < 1.29 is 4.79 Å². The number of H-pyrrole nitrogens is 1. The molecule has 0 unspecified atom stereocenters. The number of hydrogen-bond donors (Lipinski definition) is 2. The van der Waals surface area contributed by atoms with Crippen molar-refractivity contribution in [3.63, 3.8) is 0 Å². The second-order valence-electron chi connectivity index (χ2n) is 5.31. The molecular formula is C16H15ClN2O2. The van der Waals surface area contributed by atoms with E-state index in [0.717, 1.165) is 24.8 Å². The molecule has 0 spiro atoms. The molecule has 0 radical (unpaired) electrons. The van der Waals surface area contributed by atoms with E-state index in [4.69, 9.17) is 11.6 Å². The van der Waals surface area contributed by atoms with Crippen molar-refractivity contribution in [2.45, 2.75) is 24.7 Å². The van der Waals surface area contributed by atoms with Gasteiger partial charge in [0.05, 0.1) is 5.41 Å². The molecule has 4 nitrogen and oxygen atoms in total. The SMILES string of the molecule is O=C(Nc1ccc[nH]c1=O)C1(c2cccc(Cl)c2)CCC1. The third kappa shape index (κ3) is 2.47. The summed E-state index contributed by atoms with van der Waals surface area (Å²) < 4.78 is 0. The lowest BCUT2D eigenvalue weighted by Gasteiger charge is -2.40. The fourth-order valence-electron chi connectivity index (χ4n) is 2.73. The van der Waals surface area contributed by atoms with E-state index in [1.165, 1.54) is 6.20 Å². The third-order valence-electron chi connectivity index (χ3n) is 4.09. The molecule has 0 saturated heterocycles. The molecule has 1 fully saturated rings. The number of aromatic nitrogens is 1. The molecule has 2 aromatic rings. The number of pyridine rings is 1. The zero-order valence-corrected chi connectivity index (χ0v) is 12.1. The van der Waals surface area contributed by atoms with Gasteiger partial charge in [-0.3, -0.25) is 9.59 Å². The largest absolute Gasteiger partial charge is 0.327 e.